The van der Waals surface area contributed by atoms with Crippen LogP contribution in [-0.2, 0) is 12.5 Å². The molecule has 0 bridgehead atoms. The topological polar surface area (TPSA) is 64.3 Å². The van der Waals surface area contributed by atoms with Crippen LogP contribution in [0.3, 0.4) is 0 Å². The maximum atomic E-state index is 11.1. The van der Waals surface area contributed by atoms with Crippen molar-refractivity contribution >= 4 is 21.9 Å². The van der Waals surface area contributed by atoms with E-state index in [1.807, 2.05) is 12.1 Å². The van der Waals surface area contributed by atoms with Crippen LogP contribution in [0.25, 0.3) is 11.3 Å². The highest BCUT2D eigenvalue weighted by molar-refractivity contribution is 9.10. The lowest BCUT2D eigenvalue weighted by molar-refractivity contribution is 0.0689. The van der Waals surface area contributed by atoms with E-state index in [2.05, 4.69) is 41.8 Å². The van der Waals surface area contributed by atoms with E-state index >= 15 is 0 Å². The van der Waals surface area contributed by atoms with E-state index in [1.165, 1.54) is 0 Å². The van der Waals surface area contributed by atoms with E-state index in [1.54, 1.807) is 24.9 Å². The molecule has 0 fully saturated rings. The average Bonchev–Trinajstić information content (AvgIpc) is 2.79. The molecule has 1 heterocycles. The van der Waals surface area contributed by atoms with Gasteiger partial charge in [-0.15, -0.1) is 0 Å². The fourth-order valence-electron chi connectivity index (χ4n) is 2.25. The van der Waals surface area contributed by atoms with Gasteiger partial charge in [0.15, 0.2) is 5.69 Å². The molecule has 0 unspecified atom stereocenters. The number of hydrogen-bond acceptors (Lipinski definition) is 3. The molecule has 0 spiro atoms. The smallest absolute Gasteiger partial charge is 0.356 e. The van der Waals surface area contributed by atoms with Crippen molar-refractivity contribution in [3.05, 3.63) is 33.9 Å². The van der Waals surface area contributed by atoms with Crippen LogP contribution in [0, 0.1) is 0 Å². The fourth-order valence-corrected chi connectivity index (χ4v) is 2.87. The molecule has 0 saturated carbocycles. The summed E-state index contributed by atoms with van der Waals surface area (Å²) < 4.78 is 7.87. The van der Waals surface area contributed by atoms with Gasteiger partial charge in [0.05, 0.1) is 17.3 Å². The van der Waals surface area contributed by atoms with Crippen LogP contribution in [0.15, 0.2) is 22.7 Å². The second-order valence-electron chi connectivity index (χ2n) is 6.13. The maximum absolute atomic E-state index is 11.1. The summed E-state index contributed by atoms with van der Waals surface area (Å²) >= 11 is 3.54. The number of carbonyl (C=O) groups is 1. The van der Waals surface area contributed by atoms with Gasteiger partial charge < -0.3 is 9.84 Å². The van der Waals surface area contributed by atoms with Crippen molar-refractivity contribution in [3.63, 3.8) is 0 Å². The summed E-state index contributed by atoms with van der Waals surface area (Å²) in [5.41, 5.74) is 2.59. The first-order chi connectivity index (χ1) is 10.1. The van der Waals surface area contributed by atoms with Crippen LogP contribution < -0.4 is 4.74 Å². The predicted molar refractivity (Wildman–Crippen MR) is 88.6 cm³/mol. The molecule has 1 aromatic carbocycles. The Kier molecular flexibility index (Phi) is 4.33. The van der Waals surface area contributed by atoms with Crippen molar-refractivity contribution < 1.29 is 14.6 Å². The van der Waals surface area contributed by atoms with E-state index in [0.29, 0.717) is 11.4 Å². The fraction of sp³-hybridized carbons (Fsp3) is 0.375. The van der Waals surface area contributed by atoms with Crippen molar-refractivity contribution in [3.8, 4) is 17.0 Å². The second kappa shape index (κ2) is 5.76. The highest BCUT2D eigenvalue weighted by Crippen LogP contribution is 2.40. The normalized spacial score (nSPS) is 11.5. The number of aryl methyl sites for hydroxylation is 1. The minimum atomic E-state index is -1.05. The van der Waals surface area contributed by atoms with Crippen LogP contribution in [0.5, 0.6) is 5.75 Å². The Balaban J connectivity index is 2.73. The van der Waals surface area contributed by atoms with Gasteiger partial charge in [-0.3, -0.25) is 4.68 Å². The van der Waals surface area contributed by atoms with Crippen molar-refractivity contribution in [2.75, 3.05) is 7.11 Å². The highest BCUT2D eigenvalue weighted by Gasteiger charge is 2.22. The van der Waals surface area contributed by atoms with E-state index < -0.39 is 5.97 Å². The SMILES string of the molecule is COc1c(Br)cc(C(C)(C)C)cc1-c1cc(C(=O)O)nn1C. The number of methoxy groups -OCH3 is 1. The third-order valence-corrected chi connectivity index (χ3v) is 4.08. The Hall–Kier alpha value is -1.82. The lowest BCUT2D eigenvalue weighted by atomic mass is 9.85. The van der Waals surface area contributed by atoms with Gasteiger partial charge in [0.2, 0.25) is 0 Å². The number of carboxylic acid groups (broad SMARTS) is 1. The Bertz CT molecular complexity index is 730. The summed E-state index contributed by atoms with van der Waals surface area (Å²) in [6.45, 7) is 6.37. The van der Waals surface area contributed by atoms with Crippen molar-refractivity contribution in [1.29, 1.82) is 0 Å². The van der Waals surface area contributed by atoms with Crippen LogP contribution in [0.4, 0.5) is 0 Å². The number of benzene rings is 1. The first-order valence-corrected chi connectivity index (χ1v) is 7.60. The van der Waals surface area contributed by atoms with Gasteiger partial charge >= 0.3 is 5.97 Å². The molecule has 0 amide bonds. The third-order valence-electron chi connectivity index (χ3n) is 3.49. The molecule has 22 heavy (non-hydrogen) atoms. The maximum Gasteiger partial charge on any atom is 0.356 e. The number of aromatic carboxylic acids is 1. The summed E-state index contributed by atoms with van der Waals surface area (Å²) in [5, 5.41) is 13.1. The van der Waals surface area contributed by atoms with Crippen molar-refractivity contribution in [2.45, 2.75) is 26.2 Å². The number of aromatic nitrogens is 2. The van der Waals surface area contributed by atoms with Crippen LogP contribution in [0.2, 0.25) is 0 Å². The molecular formula is C16H19BrN2O3. The van der Waals surface area contributed by atoms with Crippen LogP contribution >= 0.6 is 15.9 Å². The molecule has 0 atom stereocenters. The first kappa shape index (κ1) is 16.5. The number of nitrogens with zero attached hydrogens (tertiary/aromatic N) is 2. The monoisotopic (exact) mass is 366 g/mol. The minimum absolute atomic E-state index is 0.0110. The summed E-state index contributed by atoms with van der Waals surface area (Å²) in [5.74, 6) is -0.389. The first-order valence-electron chi connectivity index (χ1n) is 6.81. The predicted octanol–water partition coefficient (Wildman–Crippen LogP) is 3.85. The van der Waals surface area contributed by atoms with Gasteiger partial charge in [-0.1, -0.05) is 20.8 Å². The molecule has 0 aliphatic rings. The minimum Gasteiger partial charge on any atom is -0.495 e. The largest absolute Gasteiger partial charge is 0.495 e. The summed E-state index contributed by atoms with van der Waals surface area (Å²) in [7, 11) is 3.31. The van der Waals surface area contributed by atoms with Crippen LogP contribution in [0.1, 0.15) is 36.8 Å². The zero-order chi connectivity index (χ0) is 16.7. The molecule has 0 aliphatic carbocycles. The van der Waals surface area contributed by atoms with Crippen molar-refractivity contribution in [1.82, 2.24) is 9.78 Å². The lowest BCUT2D eigenvalue weighted by Crippen LogP contribution is -2.12. The Morgan fingerprint density at radius 1 is 1.32 bits per heavy atom. The van der Waals surface area contributed by atoms with Gasteiger partial charge in [0, 0.05) is 12.6 Å². The molecule has 5 nitrogen and oxygen atoms in total. The lowest BCUT2D eigenvalue weighted by Gasteiger charge is -2.22. The zero-order valence-corrected chi connectivity index (χ0v) is 14.9. The van der Waals surface area contributed by atoms with Crippen LogP contribution in [-0.4, -0.2) is 28.0 Å². The van der Waals surface area contributed by atoms with E-state index in [9.17, 15) is 4.79 Å². The molecule has 1 N–H and O–H groups in total. The molecule has 6 heteroatoms. The number of halogens is 1. The molecule has 0 aliphatic heterocycles. The van der Waals surface area contributed by atoms with Crippen molar-refractivity contribution in [2.24, 2.45) is 7.05 Å². The Labute approximate surface area is 138 Å². The third kappa shape index (κ3) is 3.02. The molecule has 1 aromatic heterocycles. The number of rotatable bonds is 3. The molecule has 2 rings (SSSR count). The Morgan fingerprint density at radius 3 is 2.41 bits per heavy atom. The van der Waals surface area contributed by atoms with E-state index in [4.69, 9.17) is 9.84 Å². The second-order valence-corrected chi connectivity index (χ2v) is 6.99. The summed E-state index contributed by atoms with van der Waals surface area (Å²) in [6.07, 6.45) is 0. The Morgan fingerprint density at radius 2 is 1.95 bits per heavy atom. The van der Waals surface area contributed by atoms with Gasteiger partial charge in [-0.05, 0) is 45.1 Å². The summed E-state index contributed by atoms with van der Waals surface area (Å²) in [6, 6.07) is 5.60. The number of ether oxygens (including phenoxy) is 1. The molecule has 118 valence electrons. The zero-order valence-electron chi connectivity index (χ0n) is 13.3. The number of carboxylic acids is 1. The summed E-state index contributed by atoms with van der Waals surface area (Å²) in [4.78, 5) is 11.1. The van der Waals surface area contributed by atoms with E-state index in [0.717, 1.165) is 15.6 Å². The van der Waals surface area contributed by atoms with E-state index in [-0.39, 0.29) is 11.1 Å². The van der Waals surface area contributed by atoms with Gasteiger partial charge in [-0.25, -0.2) is 4.79 Å². The average molecular weight is 367 g/mol. The van der Waals surface area contributed by atoms with Gasteiger partial charge in [0.1, 0.15) is 5.75 Å². The molecule has 0 radical (unpaired) electrons. The number of hydrogen-bond donors (Lipinski definition) is 1. The van der Waals surface area contributed by atoms with Gasteiger partial charge in [0.25, 0.3) is 0 Å². The molecule has 2 aromatic rings. The molecule has 0 saturated heterocycles. The van der Waals surface area contributed by atoms with Gasteiger partial charge in [-0.2, -0.15) is 5.10 Å². The standard InChI is InChI=1S/C16H19BrN2O3/c1-16(2,3)9-6-10(14(22-5)11(17)7-9)13-8-12(15(20)21)18-19(13)4/h6-8H,1-5H3,(H,20,21). The highest BCUT2D eigenvalue weighted by atomic mass is 79.9. The molecular weight excluding hydrogens is 348 g/mol. The quantitative estimate of drug-likeness (QED) is 0.895.